The molecule has 0 radical (unpaired) electrons. The number of nitrogens with one attached hydrogen (secondary N) is 1. The molecule has 3 heterocycles. The first-order valence-electron chi connectivity index (χ1n) is 8.79. The highest BCUT2D eigenvalue weighted by Crippen LogP contribution is 2.33. The highest BCUT2D eigenvalue weighted by atomic mass is 79.9. The Morgan fingerprint density at radius 3 is 2.74 bits per heavy atom. The zero-order valence-electron chi connectivity index (χ0n) is 16.3. The Hall–Kier alpha value is -3.68. The van der Waals surface area contributed by atoms with E-state index in [0.29, 0.717) is 10.2 Å². The van der Waals surface area contributed by atoms with Gasteiger partial charge in [0.2, 0.25) is 29.7 Å². The van der Waals surface area contributed by atoms with Crippen molar-refractivity contribution in [2.75, 3.05) is 5.32 Å². The van der Waals surface area contributed by atoms with Gasteiger partial charge in [0.25, 0.3) is 5.90 Å². The fourth-order valence-corrected chi connectivity index (χ4v) is 3.24. The zero-order valence-corrected chi connectivity index (χ0v) is 17.9. The van der Waals surface area contributed by atoms with Crippen LogP contribution in [0.2, 0.25) is 0 Å². The van der Waals surface area contributed by atoms with E-state index in [9.17, 15) is 14.0 Å². The average molecular weight is 493 g/mol. The molecule has 160 valence electrons. The summed E-state index contributed by atoms with van der Waals surface area (Å²) >= 11 is 3.28. The molecule has 1 aromatic carbocycles. The maximum absolute atomic E-state index is 14.4. The summed E-state index contributed by atoms with van der Waals surface area (Å²) in [6.07, 6.45) is -1.13. The Morgan fingerprint density at radius 2 is 2.03 bits per heavy atom. The van der Waals surface area contributed by atoms with Crippen molar-refractivity contribution in [2.24, 2.45) is 5.10 Å². The van der Waals surface area contributed by atoms with Gasteiger partial charge in [-0.15, -0.1) is 10.2 Å². The number of halogens is 2. The molecular formula is C17H14BrFN8O4. The van der Waals surface area contributed by atoms with E-state index >= 15 is 0 Å². The number of carbonyl (C=O) groups excluding carboxylic acids is 2. The number of carbonyl (C=O) groups is 2. The van der Waals surface area contributed by atoms with E-state index in [4.69, 9.17) is 4.74 Å². The van der Waals surface area contributed by atoms with Crippen LogP contribution in [0.5, 0.6) is 0 Å². The lowest BCUT2D eigenvalue weighted by atomic mass is 10.2. The van der Waals surface area contributed by atoms with Crippen molar-refractivity contribution in [3.05, 3.63) is 45.4 Å². The molecule has 1 N–H and O–H groups in total. The van der Waals surface area contributed by atoms with Crippen LogP contribution in [0, 0.1) is 12.7 Å². The van der Waals surface area contributed by atoms with Crippen LogP contribution >= 0.6 is 15.9 Å². The third-order valence-corrected chi connectivity index (χ3v) is 4.75. The number of benzene rings is 1. The number of anilines is 1. The van der Waals surface area contributed by atoms with E-state index in [1.807, 2.05) is 0 Å². The molecule has 14 heteroatoms. The van der Waals surface area contributed by atoms with Gasteiger partial charge in [-0.3, -0.25) is 9.59 Å². The predicted octanol–water partition coefficient (Wildman–Crippen LogP) is 2.06. The number of aromatic nitrogens is 5. The van der Waals surface area contributed by atoms with Crippen molar-refractivity contribution in [3.8, 4) is 5.82 Å². The summed E-state index contributed by atoms with van der Waals surface area (Å²) in [4.78, 5) is 23.5. The molecule has 1 aliphatic rings. The lowest BCUT2D eigenvalue weighted by molar-refractivity contribution is -0.135. The summed E-state index contributed by atoms with van der Waals surface area (Å²) in [7, 11) is 0. The number of rotatable bonds is 4. The third-order valence-electron chi connectivity index (χ3n) is 4.25. The molecule has 0 bridgehead atoms. The molecule has 2 amide bonds. The fourth-order valence-electron chi connectivity index (χ4n) is 2.86. The molecule has 1 aliphatic heterocycles. The predicted molar refractivity (Wildman–Crippen MR) is 105 cm³/mol. The second-order valence-electron chi connectivity index (χ2n) is 6.46. The number of amides is 2. The first kappa shape index (κ1) is 20.6. The molecule has 0 unspecified atom stereocenters. The highest BCUT2D eigenvalue weighted by molar-refractivity contribution is 9.10. The van der Waals surface area contributed by atoms with Crippen LogP contribution in [0.4, 0.5) is 10.2 Å². The quantitative estimate of drug-likeness (QED) is 0.583. The third kappa shape index (κ3) is 3.76. The normalized spacial score (nSPS) is 15.6. The number of hydrazone groups is 1. The number of ether oxygens (including phenoxy) is 1. The lowest BCUT2D eigenvalue weighted by Crippen LogP contribution is -2.26. The molecule has 0 spiro atoms. The van der Waals surface area contributed by atoms with Crippen molar-refractivity contribution in [1.82, 2.24) is 30.3 Å². The maximum atomic E-state index is 14.4. The monoisotopic (exact) mass is 492 g/mol. The molecule has 4 rings (SSSR count). The Labute approximate surface area is 182 Å². The first-order valence-corrected chi connectivity index (χ1v) is 9.58. The highest BCUT2D eigenvalue weighted by Gasteiger charge is 2.37. The van der Waals surface area contributed by atoms with Gasteiger partial charge in [0.1, 0.15) is 5.82 Å². The minimum atomic E-state index is -1.13. The molecule has 1 atom stereocenters. The van der Waals surface area contributed by atoms with Crippen molar-refractivity contribution in [3.63, 3.8) is 0 Å². The minimum Gasteiger partial charge on any atom is -0.444 e. The Kier molecular flexibility index (Phi) is 5.22. The Bertz CT molecular complexity index is 1220. The van der Waals surface area contributed by atoms with Crippen LogP contribution in [-0.4, -0.2) is 48.0 Å². The molecule has 0 saturated heterocycles. The van der Waals surface area contributed by atoms with Crippen molar-refractivity contribution >= 4 is 39.5 Å². The number of hydrogen-bond acceptors (Lipinski definition) is 9. The Morgan fingerprint density at radius 1 is 1.26 bits per heavy atom. The zero-order chi connectivity index (χ0) is 22.3. The lowest BCUT2D eigenvalue weighted by Gasteiger charge is -2.19. The van der Waals surface area contributed by atoms with E-state index in [0.717, 1.165) is 5.01 Å². The summed E-state index contributed by atoms with van der Waals surface area (Å²) < 4.78 is 26.8. The van der Waals surface area contributed by atoms with E-state index < -0.39 is 18.0 Å². The van der Waals surface area contributed by atoms with E-state index in [-0.39, 0.29) is 34.7 Å². The van der Waals surface area contributed by atoms with Gasteiger partial charge in [-0.1, -0.05) is 21.1 Å². The van der Waals surface area contributed by atoms with Crippen LogP contribution in [0.3, 0.4) is 0 Å². The minimum absolute atomic E-state index is 0.0409. The summed E-state index contributed by atoms with van der Waals surface area (Å²) in [5.41, 5.74) is 0.697. The van der Waals surface area contributed by atoms with Crippen LogP contribution in [0.25, 0.3) is 5.82 Å². The molecule has 0 fully saturated rings. The van der Waals surface area contributed by atoms with Gasteiger partial charge in [0.05, 0.1) is 11.3 Å². The summed E-state index contributed by atoms with van der Waals surface area (Å²) in [5.74, 6) is -1.32. The van der Waals surface area contributed by atoms with Crippen molar-refractivity contribution < 1.29 is 23.3 Å². The second kappa shape index (κ2) is 7.86. The number of nitrogens with zero attached hydrogens (tertiary/aromatic N) is 7. The van der Waals surface area contributed by atoms with Crippen LogP contribution in [0.1, 0.15) is 37.0 Å². The van der Waals surface area contributed by atoms with Gasteiger partial charge in [0.15, 0.2) is 5.69 Å². The molecule has 12 nitrogen and oxygen atoms in total. The van der Waals surface area contributed by atoms with Crippen molar-refractivity contribution in [1.29, 1.82) is 0 Å². The first-order chi connectivity index (χ1) is 14.8. The van der Waals surface area contributed by atoms with Crippen molar-refractivity contribution in [2.45, 2.75) is 27.0 Å². The smallest absolute Gasteiger partial charge is 0.263 e. The summed E-state index contributed by atoms with van der Waals surface area (Å²) in [6, 6.07) is 4.28. The van der Waals surface area contributed by atoms with E-state index in [1.54, 1.807) is 6.92 Å². The van der Waals surface area contributed by atoms with E-state index in [2.05, 4.69) is 51.6 Å². The van der Waals surface area contributed by atoms with Gasteiger partial charge in [0, 0.05) is 18.3 Å². The molecule has 3 aromatic rings. The largest absolute Gasteiger partial charge is 0.444 e. The maximum Gasteiger partial charge on any atom is 0.263 e. The van der Waals surface area contributed by atoms with Gasteiger partial charge < -0.3 is 10.1 Å². The number of hydrogen-bond donors (Lipinski definition) is 1. The molecule has 0 saturated carbocycles. The molecular weight excluding hydrogens is 479 g/mol. The molecule has 2 aromatic heterocycles. The SMILES string of the molecule is CC(=O)Nc1nonc1-n1nnc(C2=NN(C(C)=O)[C@@H](c3cc(Br)ccc3F)O2)c1C. The van der Waals surface area contributed by atoms with Gasteiger partial charge in [-0.2, -0.15) is 9.69 Å². The van der Waals surface area contributed by atoms with Gasteiger partial charge in [-0.05, 0) is 35.4 Å². The standard InChI is InChI=1S/C17H14BrFN8O4/c1-7-13(21-25-26(7)15-14(20-8(2)28)23-31-24-15)16-22-27(9(3)29)17(30-16)11-6-10(18)4-5-12(11)19/h4-6,17H,1-3H3,(H,20,23,28)/t17-/m1/s1. The van der Waals surface area contributed by atoms with E-state index in [1.165, 1.54) is 36.7 Å². The van der Waals surface area contributed by atoms with Crippen LogP contribution in [-0.2, 0) is 14.3 Å². The van der Waals surface area contributed by atoms with Gasteiger partial charge >= 0.3 is 0 Å². The summed E-state index contributed by atoms with van der Waals surface area (Å²) in [5, 5.41) is 23.0. The Balaban J connectivity index is 1.70. The topological polar surface area (TPSA) is 141 Å². The molecule has 0 aliphatic carbocycles. The fraction of sp³-hybridized carbons (Fsp3) is 0.235. The van der Waals surface area contributed by atoms with Gasteiger partial charge in [-0.25, -0.2) is 9.02 Å². The molecule has 31 heavy (non-hydrogen) atoms. The summed E-state index contributed by atoms with van der Waals surface area (Å²) in [6.45, 7) is 4.22. The average Bonchev–Trinajstić information content (AvgIpc) is 3.41. The van der Waals surface area contributed by atoms with Crippen LogP contribution < -0.4 is 5.32 Å². The second-order valence-corrected chi connectivity index (χ2v) is 7.37. The van der Waals surface area contributed by atoms with Crippen LogP contribution in [0.15, 0.2) is 32.4 Å².